The minimum absolute atomic E-state index is 0.0901. The van der Waals surface area contributed by atoms with Crippen LogP contribution in [0.1, 0.15) is 19.8 Å². The SMILES string of the molecule is CC1(CN)CCN(CCC(=O)Nc2ccccc2[N+](=O)[O-])C1. The van der Waals surface area contributed by atoms with E-state index in [0.717, 1.165) is 19.5 Å². The number of hydrogen-bond donors (Lipinski definition) is 2. The molecule has 1 aliphatic heterocycles. The highest BCUT2D eigenvalue weighted by Gasteiger charge is 2.32. The van der Waals surface area contributed by atoms with Gasteiger partial charge in [-0.05, 0) is 31.0 Å². The predicted octanol–water partition coefficient (Wildman–Crippen LogP) is 1.59. The number of hydrogen-bond acceptors (Lipinski definition) is 5. The third-order valence-electron chi connectivity index (χ3n) is 4.16. The highest BCUT2D eigenvalue weighted by atomic mass is 16.6. The number of likely N-dealkylation sites (tertiary alicyclic amines) is 1. The lowest BCUT2D eigenvalue weighted by Gasteiger charge is -2.22. The Hall–Kier alpha value is -1.99. The number of benzene rings is 1. The van der Waals surface area contributed by atoms with E-state index >= 15 is 0 Å². The maximum atomic E-state index is 12.0. The number of amides is 1. The number of rotatable bonds is 6. The number of nitrogens with two attached hydrogens (primary N) is 1. The number of anilines is 1. The summed E-state index contributed by atoms with van der Waals surface area (Å²) in [5.74, 6) is -0.212. The zero-order chi connectivity index (χ0) is 16.2. The number of carbonyl (C=O) groups excluding carboxylic acids is 1. The van der Waals surface area contributed by atoms with Crippen molar-refractivity contribution in [1.29, 1.82) is 0 Å². The van der Waals surface area contributed by atoms with Crippen LogP contribution in [-0.4, -0.2) is 41.9 Å². The summed E-state index contributed by atoms with van der Waals surface area (Å²) in [6, 6.07) is 6.15. The molecular weight excluding hydrogens is 284 g/mol. The summed E-state index contributed by atoms with van der Waals surface area (Å²) in [6.45, 7) is 5.27. The van der Waals surface area contributed by atoms with Crippen molar-refractivity contribution in [3.8, 4) is 0 Å². The van der Waals surface area contributed by atoms with E-state index in [9.17, 15) is 14.9 Å². The molecule has 1 aliphatic rings. The predicted molar refractivity (Wildman–Crippen MR) is 84.6 cm³/mol. The van der Waals surface area contributed by atoms with Crippen LogP contribution in [0.4, 0.5) is 11.4 Å². The minimum atomic E-state index is -0.497. The van der Waals surface area contributed by atoms with E-state index in [-0.39, 0.29) is 22.7 Å². The molecule has 0 aliphatic carbocycles. The highest BCUT2D eigenvalue weighted by Crippen LogP contribution is 2.28. The number of nitro benzene ring substituents is 1. The molecule has 1 heterocycles. The Morgan fingerprint density at radius 3 is 2.86 bits per heavy atom. The van der Waals surface area contributed by atoms with Crippen molar-refractivity contribution in [2.75, 3.05) is 31.5 Å². The van der Waals surface area contributed by atoms with E-state index in [1.54, 1.807) is 12.1 Å². The highest BCUT2D eigenvalue weighted by molar-refractivity contribution is 5.93. The van der Waals surface area contributed by atoms with Gasteiger partial charge in [-0.15, -0.1) is 0 Å². The van der Waals surface area contributed by atoms with Gasteiger partial charge in [-0.1, -0.05) is 19.1 Å². The zero-order valence-electron chi connectivity index (χ0n) is 12.7. The average molecular weight is 306 g/mol. The van der Waals surface area contributed by atoms with Crippen molar-refractivity contribution in [2.24, 2.45) is 11.1 Å². The lowest BCUT2D eigenvalue weighted by atomic mass is 9.90. The van der Waals surface area contributed by atoms with Gasteiger partial charge in [0.1, 0.15) is 5.69 Å². The largest absolute Gasteiger partial charge is 0.330 e. The summed E-state index contributed by atoms with van der Waals surface area (Å²) >= 11 is 0. The van der Waals surface area contributed by atoms with Crippen molar-refractivity contribution in [2.45, 2.75) is 19.8 Å². The Balaban J connectivity index is 1.86. The fourth-order valence-corrected chi connectivity index (χ4v) is 2.69. The summed E-state index contributed by atoms with van der Waals surface area (Å²) in [5.41, 5.74) is 6.05. The second kappa shape index (κ2) is 6.85. The third kappa shape index (κ3) is 4.02. The second-order valence-electron chi connectivity index (χ2n) is 6.11. The van der Waals surface area contributed by atoms with Crippen molar-refractivity contribution >= 4 is 17.3 Å². The van der Waals surface area contributed by atoms with Crippen molar-refractivity contribution < 1.29 is 9.72 Å². The smallest absolute Gasteiger partial charge is 0.292 e. The van der Waals surface area contributed by atoms with E-state index in [4.69, 9.17) is 5.73 Å². The molecular formula is C15H22N4O3. The van der Waals surface area contributed by atoms with E-state index in [1.165, 1.54) is 12.1 Å². The number of para-hydroxylation sites is 2. The fourth-order valence-electron chi connectivity index (χ4n) is 2.69. The summed E-state index contributed by atoms with van der Waals surface area (Å²) in [4.78, 5) is 24.6. The van der Waals surface area contributed by atoms with Gasteiger partial charge in [-0.25, -0.2) is 0 Å². The second-order valence-corrected chi connectivity index (χ2v) is 6.11. The van der Waals surface area contributed by atoms with Crippen LogP contribution in [-0.2, 0) is 4.79 Å². The van der Waals surface area contributed by atoms with Crippen LogP contribution in [0.5, 0.6) is 0 Å². The number of nitrogens with zero attached hydrogens (tertiary/aromatic N) is 2. The normalized spacial score (nSPS) is 21.7. The molecule has 1 atom stereocenters. The van der Waals surface area contributed by atoms with Crippen LogP contribution in [0.3, 0.4) is 0 Å². The third-order valence-corrected chi connectivity index (χ3v) is 4.16. The van der Waals surface area contributed by atoms with Crippen molar-refractivity contribution in [1.82, 2.24) is 4.90 Å². The fraction of sp³-hybridized carbons (Fsp3) is 0.533. The van der Waals surface area contributed by atoms with Gasteiger partial charge >= 0.3 is 0 Å². The molecule has 1 aromatic rings. The van der Waals surface area contributed by atoms with Gasteiger partial charge in [0, 0.05) is 25.6 Å². The van der Waals surface area contributed by atoms with Gasteiger partial charge in [0.05, 0.1) is 4.92 Å². The molecule has 0 aromatic heterocycles. The summed E-state index contributed by atoms with van der Waals surface area (Å²) in [6.07, 6.45) is 1.35. The monoisotopic (exact) mass is 306 g/mol. The van der Waals surface area contributed by atoms with Crippen LogP contribution in [0, 0.1) is 15.5 Å². The number of carbonyl (C=O) groups is 1. The molecule has 1 amide bonds. The Kier molecular flexibility index (Phi) is 5.10. The van der Waals surface area contributed by atoms with Gasteiger partial charge in [0.25, 0.3) is 5.69 Å². The maximum Gasteiger partial charge on any atom is 0.292 e. The lowest BCUT2D eigenvalue weighted by molar-refractivity contribution is -0.383. The summed E-state index contributed by atoms with van der Waals surface area (Å²) in [7, 11) is 0. The molecule has 120 valence electrons. The number of nitrogens with one attached hydrogen (secondary N) is 1. The van der Waals surface area contributed by atoms with Gasteiger partial charge in [0.2, 0.25) is 5.91 Å². The Bertz CT molecular complexity index is 563. The van der Waals surface area contributed by atoms with Gasteiger partial charge in [-0.3, -0.25) is 14.9 Å². The Morgan fingerprint density at radius 2 is 2.23 bits per heavy atom. The molecule has 0 saturated carbocycles. The first-order valence-corrected chi connectivity index (χ1v) is 7.39. The summed E-state index contributed by atoms with van der Waals surface area (Å²) < 4.78 is 0. The molecule has 7 heteroatoms. The van der Waals surface area contributed by atoms with Crippen molar-refractivity contribution in [3.05, 3.63) is 34.4 Å². The molecule has 1 unspecified atom stereocenters. The van der Waals surface area contributed by atoms with E-state index in [2.05, 4.69) is 17.1 Å². The van der Waals surface area contributed by atoms with E-state index < -0.39 is 4.92 Å². The van der Waals surface area contributed by atoms with Crippen molar-refractivity contribution in [3.63, 3.8) is 0 Å². The first kappa shape index (κ1) is 16.4. The standard InChI is InChI=1S/C15H22N4O3/c1-15(10-16)7-9-18(11-15)8-6-14(20)17-12-4-2-3-5-13(12)19(21)22/h2-5H,6-11,16H2,1H3,(H,17,20). The first-order valence-electron chi connectivity index (χ1n) is 7.39. The topological polar surface area (TPSA) is 102 Å². The molecule has 2 rings (SSSR count). The van der Waals surface area contributed by atoms with Crippen LogP contribution in [0.15, 0.2) is 24.3 Å². The molecule has 3 N–H and O–H groups in total. The van der Waals surface area contributed by atoms with Crippen LogP contribution in [0.25, 0.3) is 0 Å². The van der Waals surface area contributed by atoms with Crippen LogP contribution in [0.2, 0.25) is 0 Å². The first-order chi connectivity index (χ1) is 10.4. The van der Waals surface area contributed by atoms with Gasteiger partial charge < -0.3 is 16.0 Å². The maximum absolute atomic E-state index is 12.0. The molecule has 7 nitrogen and oxygen atoms in total. The molecule has 0 bridgehead atoms. The Morgan fingerprint density at radius 1 is 1.50 bits per heavy atom. The van der Waals surface area contributed by atoms with Crippen LogP contribution >= 0.6 is 0 Å². The molecule has 22 heavy (non-hydrogen) atoms. The van der Waals surface area contributed by atoms with Gasteiger partial charge in [0.15, 0.2) is 0 Å². The molecule has 1 saturated heterocycles. The lowest BCUT2D eigenvalue weighted by Crippen LogP contribution is -2.32. The molecule has 0 radical (unpaired) electrons. The van der Waals surface area contributed by atoms with Gasteiger partial charge in [-0.2, -0.15) is 0 Å². The average Bonchev–Trinajstić information content (AvgIpc) is 2.88. The number of nitro groups is 1. The minimum Gasteiger partial charge on any atom is -0.330 e. The quantitative estimate of drug-likeness (QED) is 0.614. The molecule has 1 aromatic carbocycles. The summed E-state index contributed by atoms with van der Waals surface area (Å²) in [5, 5.41) is 13.5. The van der Waals surface area contributed by atoms with E-state index in [1.807, 2.05) is 0 Å². The van der Waals surface area contributed by atoms with E-state index in [0.29, 0.717) is 19.5 Å². The molecule has 1 fully saturated rings. The zero-order valence-corrected chi connectivity index (χ0v) is 12.7. The molecule has 0 spiro atoms. The van der Waals surface area contributed by atoms with Crippen LogP contribution < -0.4 is 11.1 Å². The Labute approximate surface area is 129 Å².